The van der Waals surface area contributed by atoms with Crippen molar-refractivity contribution in [2.24, 2.45) is 17.8 Å². The van der Waals surface area contributed by atoms with Crippen molar-refractivity contribution >= 4 is 0 Å². The first-order valence-corrected chi connectivity index (χ1v) is 6.94. The van der Waals surface area contributed by atoms with Crippen LogP contribution >= 0.6 is 0 Å². The van der Waals surface area contributed by atoms with Crippen LogP contribution in [0.4, 0.5) is 0 Å². The molecule has 1 fully saturated rings. The van der Waals surface area contributed by atoms with E-state index in [4.69, 9.17) is 0 Å². The Balaban J connectivity index is 2.50. The number of rotatable bonds is 5. The molecule has 0 amide bonds. The molecule has 0 radical (unpaired) electrons. The standard InChI is InChI=1S/C14H29N/c1-5-13-9-7-8-10-14(13)11(3)12(4)15-6-2/h11-15H,5-10H2,1-4H3. The van der Waals surface area contributed by atoms with Gasteiger partial charge in [0.1, 0.15) is 0 Å². The van der Waals surface area contributed by atoms with Crippen molar-refractivity contribution in [2.75, 3.05) is 6.54 Å². The molecule has 0 heterocycles. The average Bonchev–Trinajstić information content (AvgIpc) is 2.28. The fraction of sp³-hybridized carbons (Fsp3) is 1.00. The summed E-state index contributed by atoms with van der Waals surface area (Å²) in [6.45, 7) is 10.5. The molecule has 1 heteroatoms. The van der Waals surface area contributed by atoms with Crippen LogP contribution in [-0.2, 0) is 0 Å². The first kappa shape index (κ1) is 13.0. The zero-order valence-electron chi connectivity index (χ0n) is 11.1. The lowest BCUT2D eigenvalue weighted by atomic mass is 9.70. The Morgan fingerprint density at radius 1 is 1.13 bits per heavy atom. The van der Waals surface area contributed by atoms with Crippen molar-refractivity contribution < 1.29 is 0 Å². The minimum atomic E-state index is 0.687. The molecule has 0 spiro atoms. The quantitative estimate of drug-likeness (QED) is 0.728. The summed E-state index contributed by atoms with van der Waals surface area (Å²) < 4.78 is 0. The molecule has 90 valence electrons. The van der Waals surface area contributed by atoms with Crippen LogP contribution in [0.5, 0.6) is 0 Å². The summed E-state index contributed by atoms with van der Waals surface area (Å²) in [4.78, 5) is 0. The average molecular weight is 211 g/mol. The van der Waals surface area contributed by atoms with E-state index in [-0.39, 0.29) is 0 Å². The van der Waals surface area contributed by atoms with Crippen molar-refractivity contribution in [3.8, 4) is 0 Å². The molecule has 0 aromatic carbocycles. The molecule has 0 aromatic rings. The zero-order chi connectivity index (χ0) is 11.3. The molecule has 4 unspecified atom stereocenters. The maximum absolute atomic E-state index is 3.59. The SMILES string of the molecule is CCNC(C)C(C)C1CCCCC1CC. The minimum absolute atomic E-state index is 0.687. The summed E-state index contributed by atoms with van der Waals surface area (Å²) >= 11 is 0. The van der Waals surface area contributed by atoms with Crippen molar-refractivity contribution in [1.29, 1.82) is 0 Å². The van der Waals surface area contributed by atoms with E-state index in [1.807, 2.05) is 0 Å². The van der Waals surface area contributed by atoms with Gasteiger partial charge >= 0.3 is 0 Å². The van der Waals surface area contributed by atoms with Crippen LogP contribution in [0.15, 0.2) is 0 Å². The lowest BCUT2D eigenvalue weighted by molar-refractivity contribution is 0.141. The molecular weight excluding hydrogens is 182 g/mol. The van der Waals surface area contributed by atoms with E-state index in [9.17, 15) is 0 Å². The van der Waals surface area contributed by atoms with Gasteiger partial charge in [0.25, 0.3) is 0 Å². The van der Waals surface area contributed by atoms with Crippen LogP contribution in [0, 0.1) is 17.8 Å². The van der Waals surface area contributed by atoms with Crippen molar-refractivity contribution in [3.05, 3.63) is 0 Å². The van der Waals surface area contributed by atoms with Crippen LogP contribution in [0.25, 0.3) is 0 Å². The highest BCUT2D eigenvalue weighted by molar-refractivity contribution is 4.83. The Labute approximate surface area is 96.0 Å². The molecule has 0 aliphatic heterocycles. The first-order chi connectivity index (χ1) is 7.20. The van der Waals surface area contributed by atoms with Crippen LogP contribution in [0.1, 0.15) is 59.8 Å². The van der Waals surface area contributed by atoms with Crippen molar-refractivity contribution in [1.82, 2.24) is 5.32 Å². The lowest BCUT2D eigenvalue weighted by Crippen LogP contribution is -2.39. The maximum Gasteiger partial charge on any atom is 0.00669 e. The lowest BCUT2D eigenvalue weighted by Gasteiger charge is -2.38. The molecular formula is C14H29N. The zero-order valence-corrected chi connectivity index (χ0v) is 11.1. The van der Waals surface area contributed by atoms with Crippen LogP contribution in [0.2, 0.25) is 0 Å². The van der Waals surface area contributed by atoms with Gasteiger partial charge in [-0.3, -0.25) is 0 Å². The van der Waals surface area contributed by atoms with Gasteiger partial charge in [-0.25, -0.2) is 0 Å². The van der Waals surface area contributed by atoms with E-state index in [0.29, 0.717) is 6.04 Å². The monoisotopic (exact) mass is 211 g/mol. The summed E-state index contributed by atoms with van der Waals surface area (Å²) in [5.74, 6) is 2.81. The van der Waals surface area contributed by atoms with Crippen molar-refractivity contribution in [2.45, 2.75) is 65.8 Å². The maximum atomic E-state index is 3.59. The molecule has 1 saturated carbocycles. The van der Waals surface area contributed by atoms with Gasteiger partial charge in [-0.15, -0.1) is 0 Å². The summed E-state index contributed by atoms with van der Waals surface area (Å²) in [5.41, 5.74) is 0. The highest BCUT2D eigenvalue weighted by Crippen LogP contribution is 2.38. The number of nitrogens with one attached hydrogen (secondary N) is 1. The van der Waals surface area contributed by atoms with Gasteiger partial charge in [0, 0.05) is 6.04 Å². The van der Waals surface area contributed by atoms with Gasteiger partial charge in [-0.2, -0.15) is 0 Å². The fourth-order valence-corrected chi connectivity index (χ4v) is 3.31. The minimum Gasteiger partial charge on any atom is -0.314 e. The Kier molecular flexibility index (Phi) is 5.66. The number of hydrogen-bond acceptors (Lipinski definition) is 1. The molecule has 4 atom stereocenters. The first-order valence-electron chi connectivity index (χ1n) is 6.94. The second kappa shape index (κ2) is 6.52. The largest absolute Gasteiger partial charge is 0.314 e. The Morgan fingerprint density at radius 2 is 1.80 bits per heavy atom. The highest BCUT2D eigenvalue weighted by Gasteiger charge is 2.30. The van der Waals surface area contributed by atoms with E-state index < -0.39 is 0 Å². The normalized spacial score (nSPS) is 31.2. The summed E-state index contributed by atoms with van der Waals surface area (Å²) in [6, 6.07) is 0.687. The van der Waals surface area contributed by atoms with Crippen LogP contribution in [0.3, 0.4) is 0 Å². The third-order valence-electron chi connectivity index (χ3n) is 4.48. The van der Waals surface area contributed by atoms with Gasteiger partial charge in [-0.1, -0.05) is 46.5 Å². The molecule has 1 aliphatic carbocycles. The van der Waals surface area contributed by atoms with Gasteiger partial charge in [0.2, 0.25) is 0 Å². The van der Waals surface area contributed by atoms with E-state index in [0.717, 1.165) is 24.3 Å². The predicted octanol–water partition coefficient (Wildman–Crippen LogP) is 3.84. The topological polar surface area (TPSA) is 12.0 Å². The third-order valence-corrected chi connectivity index (χ3v) is 4.48. The third kappa shape index (κ3) is 3.48. The second-order valence-electron chi connectivity index (χ2n) is 5.32. The molecule has 0 bridgehead atoms. The van der Waals surface area contributed by atoms with Crippen molar-refractivity contribution in [3.63, 3.8) is 0 Å². The molecule has 1 rings (SSSR count). The van der Waals surface area contributed by atoms with Gasteiger partial charge in [0.15, 0.2) is 0 Å². The summed E-state index contributed by atoms with van der Waals surface area (Å²) in [7, 11) is 0. The fourth-order valence-electron chi connectivity index (χ4n) is 3.31. The van der Waals surface area contributed by atoms with Gasteiger partial charge in [0.05, 0.1) is 0 Å². The molecule has 0 aromatic heterocycles. The number of hydrogen-bond donors (Lipinski definition) is 1. The van der Waals surface area contributed by atoms with E-state index >= 15 is 0 Å². The van der Waals surface area contributed by atoms with Gasteiger partial charge < -0.3 is 5.32 Å². The summed E-state index contributed by atoms with van der Waals surface area (Å²) in [6.07, 6.45) is 7.26. The van der Waals surface area contributed by atoms with Crippen LogP contribution < -0.4 is 5.32 Å². The Morgan fingerprint density at radius 3 is 2.40 bits per heavy atom. The Hall–Kier alpha value is -0.0400. The molecule has 1 aliphatic rings. The molecule has 1 N–H and O–H groups in total. The van der Waals surface area contributed by atoms with Gasteiger partial charge in [-0.05, 0) is 37.6 Å². The highest BCUT2D eigenvalue weighted by atomic mass is 14.9. The summed E-state index contributed by atoms with van der Waals surface area (Å²) in [5, 5.41) is 3.59. The van der Waals surface area contributed by atoms with E-state index in [2.05, 4.69) is 33.0 Å². The Bertz CT molecular complexity index is 167. The van der Waals surface area contributed by atoms with E-state index in [1.54, 1.807) is 0 Å². The second-order valence-corrected chi connectivity index (χ2v) is 5.32. The van der Waals surface area contributed by atoms with Crippen LogP contribution in [-0.4, -0.2) is 12.6 Å². The molecule has 0 saturated heterocycles. The smallest absolute Gasteiger partial charge is 0.00669 e. The van der Waals surface area contributed by atoms with E-state index in [1.165, 1.54) is 32.1 Å². The molecule has 15 heavy (non-hydrogen) atoms. The predicted molar refractivity (Wildman–Crippen MR) is 68.0 cm³/mol. The molecule has 1 nitrogen and oxygen atoms in total.